The van der Waals surface area contributed by atoms with Crippen LogP contribution in [0, 0.1) is 0 Å². The van der Waals surface area contributed by atoms with Gasteiger partial charge in [0.1, 0.15) is 10.4 Å². The summed E-state index contributed by atoms with van der Waals surface area (Å²) < 4.78 is 30.6. The highest BCUT2D eigenvalue weighted by molar-refractivity contribution is 7.92. The van der Waals surface area contributed by atoms with Gasteiger partial charge >= 0.3 is 0 Å². The molecule has 2 aromatic rings. The molecular weight excluding hydrogens is 298 g/mol. The first kappa shape index (κ1) is 15.3. The van der Waals surface area contributed by atoms with Crippen LogP contribution in [0.15, 0.2) is 21.4 Å². The van der Waals surface area contributed by atoms with E-state index >= 15 is 0 Å². The predicted octanol–water partition coefficient (Wildman–Crippen LogP) is 3.96. The predicted molar refractivity (Wildman–Crippen MR) is 80.0 cm³/mol. The molecule has 0 aliphatic rings. The maximum absolute atomic E-state index is 12.5. The quantitative estimate of drug-likeness (QED) is 0.841. The minimum absolute atomic E-state index is 0.0367. The molecule has 2 rings (SSSR count). The molecule has 6 heteroatoms. The third-order valence-corrected chi connectivity index (χ3v) is 5.65. The van der Waals surface area contributed by atoms with E-state index in [0.717, 1.165) is 0 Å². The van der Waals surface area contributed by atoms with Crippen molar-refractivity contribution in [1.29, 1.82) is 0 Å². The highest BCUT2D eigenvalue weighted by Crippen LogP contribution is 2.35. The summed E-state index contributed by atoms with van der Waals surface area (Å²) in [5.74, 6) is 0.495. The Kier molecular flexibility index (Phi) is 3.63. The van der Waals surface area contributed by atoms with Gasteiger partial charge in [-0.25, -0.2) is 13.4 Å². The highest BCUT2D eigenvalue weighted by atomic mass is 35.5. The summed E-state index contributed by atoms with van der Waals surface area (Å²) in [4.78, 5) is 4.41. The Bertz CT molecular complexity index is 755. The molecule has 1 aromatic carbocycles. The lowest BCUT2D eigenvalue weighted by molar-refractivity contribution is 0.408. The number of aromatic nitrogens is 1. The minimum atomic E-state index is -3.53. The number of sulfone groups is 1. The molecule has 0 saturated heterocycles. The fraction of sp³-hybridized carbons (Fsp3) is 0.500. The van der Waals surface area contributed by atoms with E-state index < -0.39 is 15.1 Å². The van der Waals surface area contributed by atoms with Crippen molar-refractivity contribution in [3.63, 3.8) is 0 Å². The number of oxazole rings is 1. The van der Waals surface area contributed by atoms with E-state index in [9.17, 15) is 8.42 Å². The molecule has 0 fully saturated rings. The third kappa shape index (κ3) is 2.44. The lowest BCUT2D eigenvalue weighted by Crippen LogP contribution is -2.14. The lowest BCUT2D eigenvalue weighted by Gasteiger charge is -2.12. The van der Waals surface area contributed by atoms with Crippen molar-refractivity contribution in [3.05, 3.63) is 23.0 Å². The van der Waals surface area contributed by atoms with Crippen LogP contribution >= 0.6 is 11.6 Å². The Labute approximate surface area is 124 Å². The van der Waals surface area contributed by atoms with Gasteiger partial charge in [-0.15, -0.1) is 0 Å². The largest absolute Gasteiger partial charge is 0.439 e. The SMILES string of the molecule is CC(C)S(=O)(=O)c1c(Cl)ccc2nc(C(C)(C)C)oc12. The second-order valence-corrected chi connectivity index (χ2v) is 8.94. The van der Waals surface area contributed by atoms with Crippen LogP contribution < -0.4 is 0 Å². The Hall–Kier alpha value is -1.07. The summed E-state index contributed by atoms with van der Waals surface area (Å²) in [5.41, 5.74) is 0.458. The molecule has 0 spiro atoms. The normalized spacial score (nSPS) is 13.3. The molecule has 0 radical (unpaired) electrons. The summed E-state index contributed by atoms with van der Waals surface area (Å²) in [6, 6.07) is 3.23. The molecule has 1 heterocycles. The van der Waals surface area contributed by atoms with Crippen LogP contribution in [0.5, 0.6) is 0 Å². The summed E-state index contributed by atoms with van der Waals surface area (Å²) in [5, 5.41) is -0.406. The van der Waals surface area contributed by atoms with Gasteiger partial charge in [0.25, 0.3) is 0 Å². The van der Waals surface area contributed by atoms with Crippen molar-refractivity contribution in [2.75, 3.05) is 0 Å². The molecule has 0 atom stereocenters. The molecule has 0 bridgehead atoms. The topological polar surface area (TPSA) is 60.2 Å². The number of rotatable bonds is 2. The molecule has 0 N–H and O–H groups in total. The van der Waals surface area contributed by atoms with E-state index in [1.807, 2.05) is 20.8 Å². The van der Waals surface area contributed by atoms with Gasteiger partial charge in [0.2, 0.25) is 5.89 Å². The van der Waals surface area contributed by atoms with Gasteiger partial charge in [0.05, 0.1) is 10.3 Å². The minimum Gasteiger partial charge on any atom is -0.439 e. The first-order valence-corrected chi connectivity index (χ1v) is 8.31. The Balaban J connectivity index is 2.84. The first-order valence-electron chi connectivity index (χ1n) is 6.38. The van der Waals surface area contributed by atoms with Crippen LogP contribution in [-0.4, -0.2) is 18.7 Å². The van der Waals surface area contributed by atoms with E-state index in [1.165, 1.54) is 0 Å². The zero-order valence-electron chi connectivity index (χ0n) is 12.2. The Morgan fingerprint density at radius 3 is 2.35 bits per heavy atom. The van der Waals surface area contributed by atoms with Crippen molar-refractivity contribution in [1.82, 2.24) is 4.98 Å². The molecule has 4 nitrogen and oxygen atoms in total. The molecular formula is C14H18ClNO3S. The average molecular weight is 316 g/mol. The smallest absolute Gasteiger partial charge is 0.200 e. The van der Waals surface area contributed by atoms with Gasteiger partial charge in [0.15, 0.2) is 15.4 Å². The Morgan fingerprint density at radius 1 is 1.25 bits per heavy atom. The van der Waals surface area contributed by atoms with Crippen molar-refractivity contribution < 1.29 is 12.8 Å². The molecule has 0 aliphatic carbocycles. The zero-order valence-corrected chi connectivity index (χ0v) is 13.8. The van der Waals surface area contributed by atoms with Crippen LogP contribution in [0.3, 0.4) is 0 Å². The van der Waals surface area contributed by atoms with E-state index in [4.69, 9.17) is 16.0 Å². The fourth-order valence-corrected chi connectivity index (χ4v) is 3.45. The fourth-order valence-electron chi connectivity index (χ4n) is 1.77. The standard InChI is InChI=1S/C14H18ClNO3S/c1-8(2)20(17,18)12-9(15)6-7-10-11(12)19-13(16-10)14(3,4)5/h6-8H,1-5H3. The van der Waals surface area contributed by atoms with Gasteiger partial charge in [-0.1, -0.05) is 32.4 Å². The van der Waals surface area contributed by atoms with Gasteiger partial charge in [-0.05, 0) is 26.0 Å². The number of benzene rings is 1. The van der Waals surface area contributed by atoms with Gasteiger partial charge in [-0.2, -0.15) is 0 Å². The van der Waals surface area contributed by atoms with E-state index in [2.05, 4.69) is 4.98 Å². The average Bonchev–Trinajstić information content (AvgIpc) is 2.71. The maximum Gasteiger partial charge on any atom is 0.200 e. The Morgan fingerprint density at radius 2 is 1.85 bits per heavy atom. The number of hydrogen-bond donors (Lipinski definition) is 0. The number of halogens is 1. The van der Waals surface area contributed by atoms with E-state index in [-0.39, 0.29) is 20.9 Å². The summed E-state index contributed by atoms with van der Waals surface area (Å²) in [7, 11) is -3.53. The molecule has 0 amide bonds. The van der Waals surface area contributed by atoms with Gasteiger partial charge in [0, 0.05) is 5.41 Å². The molecule has 0 saturated carbocycles. The van der Waals surface area contributed by atoms with Gasteiger partial charge in [-0.3, -0.25) is 0 Å². The van der Waals surface area contributed by atoms with Crippen LogP contribution in [0.1, 0.15) is 40.5 Å². The maximum atomic E-state index is 12.5. The lowest BCUT2D eigenvalue weighted by atomic mass is 9.97. The van der Waals surface area contributed by atoms with Crippen LogP contribution in [-0.2, 0) is 15.3 Å². The molecule has 20 heavy (non-hydrogen) atoms. The van der Waals surface area contributed by atoms with Crippen molar-refractivity contribution >= 4 is 32.5 Å². The van der Waals surface area contributed by atoms with Crippen LogP contribution in [0.2, 0.25) is 5.02 Å². The monoisotopic (exact) mass is 315 g/mol. The van der Waals surface area contributed by atoms with Gasteiger partial charge < -0.3 is 4.42 Å². The number of fused-ring (bicyclic) bond motifs is 1. The summed E-state index contributed by atoms with van der Waals surface area (Å²) in [6.45, 7) is 9.10. The van der Waals surface area contributed by atoms with E-state index in [0.29, 0.717) is 11.4 Å². The van der Waals surface area contributed by atoms with Crippen molar-refractivity contribution in [2.45, 2.75) is 50.2 Å². The molecule has 110 valence electrons. The van der Waals surface area contributed by atoms with E-state index in [1.54, 1.807) is 26.0 Å². The summed E-state index contributed by atoms with van der Waals surface area (Å²) in [6.07, 6.45) is 0. The second-order valence-electron chi connectivity index (χ2n) is 6.09. The van der Waals surface area contributed by atoms with Crippen molar-refractivity contribution in [3.8, 4) is 0 Å². The summed E-state index contributed by atoms with van der Waals surface area (Å²) >= 11 is 6.09. The molecule has 1 aromatic heterocycles. The highest BCUT2D eigenvalue weighted by Gasteiger charge is 2.29. The third-order valence-electron chi connectivity index (χ3n) is 3.01. The first-order chi connectivity index (χ1) is 9.05. The van der Waals surface area contributed by atoms with Crippen LogP contribution in [0.4, 0.5) is 0 Å². The molecule has 0 unspecified atom stereocenters. The number of nitrogens with zero attached hydrogens (tertiary/aromatic N) is 1. The van der Waals surface area contributed by atoms with Crippen molar-refractivity contribution in [2.24, 2.45) is 0 Å². The molecule has 0 aliphatic heterocycles. The second kappa shape index (κ2) is 4.74. The zero-order chi connectivity index (χ0) is 15.3. The number of hydrogen-bond acceptors (Lipinski definition) is 4. The van der Waals surface area contributed by atoms with Crippen LogP contribution in [0.25, 0.3) is 11.1 Å².